The molecule has 0 aliphatic carbocycles. The Morgan fingerprint density at radius 1 is 0.938 bits per heavy atom. The molecule has 96 valence electrons. The lowest BCUT2D eigenvalue weighted by atomic mass is 9.87. The number of hydrogen-bond donors (Lipinski definition) is 0. The fourth-order valence-corrected chi connectivity index (χ4v) is 2.13. The molecule has 0 radical (unpaired) electrons. The van der Waals surface area contributed by atoms with E-state index in [2.05, 4.69) is 53.7 Å². The summed E-state index contributed by atoms with van der Waals surface area (Å²) in [5, 5.41) is 0. The molecule has 0 aromatic rings. The van der Waals surface area contributed by atoms with Crippen molar-refractivity contribution < 1.29 is 0 Å². The van der Waals surface area contributed by atoms with Crippen LogP contribution < -0.4 is 0 Å². The summed E-state index contributed by atoms with van der Waals surface area (Å²) in [6, 6.07) is 0. The van der Waals surface area contributed by atoms with Crippen LogP contribution >= 0.6 is 0 Å². The van der Waals surface area contributed by atoms with Gasteiger partial charge in [-0.25, -0.2) is 0 Å². The number of unbranched alkanes of at least 4 members (excludes halogenated alkanes) is 1. The van der Waals surface area contributed by atoms with Crippen molar-refractivity contribution in [3.05, 3.63) is 12.2 Å². The van der Waals surface area contributed by atoms with Crippen molar-refractivity contribution in [2.45, 2.75) is 67.2 Å². The molecule has 3 unspecified atom stereocenters. The molecular formula is C16H32. The average molecular weight is 224 g/mol. The van der Waals surface area contributed by atoms with Gasteiger partial charge in [-0.2, -0.15) is 0 Å². The summed E-state index contributed by atoms with van der Waals surface area (Å²) in [5.74, 6) is 3.11. The van der Waals surface area contributed by atoms with E-state index in [0.29, 0.717) is 0 Å². The van der Waals surface area contributed by atoms with Gasteiger partial charge in [-0.05, 0) is 30.1 Å². The molecule has 3 atom stereocenters. The average Bonchev–Trinajstić information content (AvgIpc) is 2.25. The van der Waals surface area contributed by atoms with Crippen molar-refractivity contribution in [2.75, 3.05) is 0 Å². The topological polar surface area (TPSA) is 0 Å². The van der Waals surface area contributed by atoms with Crippen molar-refractivity contribution in [3.63, 3.8) is 0 Å². The Morgan fingerprint density at radius 2 is 1.56 bits per heavy atom. The van der Waals surface area contributed by atoms with Gasteiger partial charge in [0.05, 0.1) is 0 Å². The van der Waals surface area contributed by atoms with E-state index in [1.807, 2.05) is 0 Å². The van der Waals surface area contributed by atoms with Crippen molar-refractivity contribution >= 4 is 0 Å². The molecule has 0 aliphatic rings. The molecule has 0 aromatic heterocycles. The molecule has 0 heteroatoms. The first kappa shape index (κ1) is 15.7. The summed E-state index contributed by atoms with van der Waals surface area (Å²) in [4.78, 5) is 0. The first-order valence-electron chi connectivity index (χ1n) is 7.21. The molecule has 0 amide bonds. The highest BCUT2D eigenvalue weighted by Gasteiger charge is 2.11. The fourth-order valence-electron chi connectivity index (χ4n) is 2.13. The minimum Gasteiger partial charge on any atom is -0.0851 e. The second-order valence-corrected chi connectivity index (χ2v) is 5.68. The van der Waals surface area contributed by atoms with E-state index in [1.165, 1.54) is 25.7 Å². The highest BCUT2D eigenvalue weighted by atomic mass is 14.2. The maximum atomic E-state index is 2.46. The van der Waals surface area contributed by atoms with Gasteiger partial charge in [-0.1, -0.05) is 73.0 Å². The molecule has 0 saturated heterocycles. The van der Waals surface area contributed by atoms with Gasteiger partial charge in [-0.3, -0.25) is 0 Å². The first-order valence-corrected chi connectivity index (χ1v) is 7.21. The molecule has 0 bridgehead atoms. The van der Waals surface area contributed by atoms with Crippen LogP contribution in [0.1, 0.15) is 67.2 Å². The molecule has 0 fully saturated rings. The lowest BCUT2D eigenvalue weighted by molar-refractivity contribution is 0.404. The fraction of sp³-hybridized carbons (Fsp3) is 0.875. The zero-order valence-electron chi connectivity index (χ0n) is 12.3. The van der Waals surface area contributed by atoms with E-state index in [-0.39, 0.29) is 0 Å². The molecule has 0 rings (SSSR count). The van der Waals surface area contributed by atoms with Crippen LogP contribution in [0.5, 0.6) is 0 Å². The lowest BCUT2D eigenvalue weighted by Crippen LogP contribution is -2.08. The minimum atomic E-state index is 0.736. The third kappa shape index (κ3) is 6.35. The molecule has 0 aromatic carbocycles. The van der Waals surface area contributed by atoms with E-state index in [9.17, 15) is 0 Å². The molecule has 0 nitrogen and oxygen atoms in total. The summed E-state index contributed by atoms with van der Waals surface area (Å²) in [6.07, 6.45) is 10.3. The molecule has 0 N–H and O–H groups in total. The highest BCUT2D eigenvalue weighted by molar-refractivity contribution is 4.93. The first-order chi connectivity index (χ1) is 7.52. The number of hydrogen-bond acceptors (Lipinski definition) is 0. The van der Waals surface area contributed by atoms with Crippen LogP contribution in [0.3, 0.4) is 0 Å². The van der Waals surface area contributed by atoms with E-state index >= 15 is 0 Å². The third-order valence-electron chi connectivity index (χ3n) is 3.90. The van der Waals surface area contributed by atoms with Gasteiger partial charge in [0.1, 0.15) is 0 Å². The maximum absolute atomic E-state index is 2.46. The predicted octanol–water partition coefficient (Wildman–Crippen LogP) is 5.69. The van der Waals surface area contributed by atoms with E-state index in [1.54, 1.807) is 0 Å². The maximum Gasteiger partial charge on any atom is -0.0213 e. The normalized spacial score (nSPS) is 17.9. The standard InChI is InChI=1S/C16H32/c1-7-9-10-14(5)15(6)11-12-16(8-2)13(3)4/h11-16H,7-10H2,1-6H3. The van der Waals surface area contributed by atoms with Crippen LogP contribution in [-0.4, -0.2) is 0 Å². The zero-order chi connectivity index (χ0) is 12.6. The third-order valence-corrected chi connectivity index (χ3v) is 3.90. The Bertz CT molecular complexity index is 178. The van der Waals surface area contributed by atoms with Crippen LogP contribution in [0.25, 0.3) is 0 Å². The van der Waals surface area contributed by atoms with Gasteiger partial charge in [0, 0.05) is 0 Å². The van der Waals surface area contributed by atoms with Gasteiger partial charge in [0.15, 0.2) is 0 Å². The Morgan fingerprint density at radius 3 is 2.00 bits per heavy atom. The molecule has 16 heavy (non-hydrogen) atoms. The van der Waals surface area contributed by atoms with Crippen molar-refractivity contribution in [1.82, 2.24) is 0 Å². The van der Waals surface area contributed by atoms with Gasteiger partial charge < -0.3 is 0 Å². The lowest BCUT2D eigenvalue weighted by Gasteiger charge is -2.19. The van der Waals surface area contributed by atoms with Crippen molar-refractivity contribution in [3.8, 4) is 0 Å². The monoisotopic (exact) mass is 224 g/mol. The van der Waals surface area contributed by atoms with Crippen molar-refractivity contribution in [2.24, 2.45) is 23.7 Å². The Hall–Kier alpha value is -0.260. The van der Waals surface area contributed by atoms with E-state index < -0.39 is 0 Å². The summed E-state index contributed by atoms with van der Waals surface area (Å²) in [6.45, 7) is 14.0. The van der Waals surface area contributed by atoms with Crippen LogP contribution in [0.15, 0.2) is 12.2 Å². The molecule has 0 spiro atoms. The second-order valence-electron chi connectivity index (χ2n) is 5.68. The Labute approximate surface area is 104 Å². The van der Waals surface area contributed by atoms with Gasteiger partial charge in [-0.15, -0.1) is 0 Å². The Balaban J connectivity index is 4.09. The van der Waals surface area contributed by atoms with E-state index in [4.69, 9.17) is 0 Å². The summed E-state index contributed by atoms with van der Waals surface area (Å²) >= 11 is 0. The summed E-state index contributed by atoms with van der Waals surface area (Å²) in [7, 11) is 0. The number of rotatable bonds is 8. The predicted molar refractivity (Wildman–Crippen MR) is 75.6 cm³/mol. The molecule has 0 saturated carbocycles. The highest BCUT2D eigenvalue weighted by Crippen LogP contribution is 2.22. The smallest absolute Gasteiger partial charge is 0.0213 e. The Kier molecular flexibility index (Phi) is 8.70. The van der Waals surface area contributed by atoms with Gasteiger partial charge in [0.25, 0.3) is 0 Å². The molecule has 0 heterocycles. The van der Waals surface area contributed by atoms with Crippen molar-refractivity contribution in [1.29, 1.82) is 0 Å². The van der Waals surface area contributed by atoms with Crippen LogP contribution in [0, 0.1) is 23.7 Å². The quantitative estimate of drug-likeness (QED) is 0.465. The molecular weight excluding hydrogens is 192 g/mol. The summed E-state index contributed by atoms with van der Waals surface area (Å²) in [5.41, 5.74) is 0. The van der Waals surface area contributed by atoms with E-state index in [0.717, 1.165) is 23.7 Å². The van der Waals surface area contributed by atoms with Crippen LogP contribution in [-0.2, 0) is 0 Å². The summed E-state index contributed by atoms with van der Waals surface area (Å²) < 4.78 is 0. The largest absolute Gasteiger partial charge is 0.0851 e. The van der Waals surface area contributed by atoms with Crippen LogP contribution in [0.2, 0.25) is 0 Å². The zero-order valence-corrected chi connectivity index (χ0v) is 12.3. The van der Waals surface area contributed by atoms with Gasteiger partial charge in [0.2, 0.25) is 0 Å². The second kappa shape index (κ2) is 8.84. The van der Waals surface area contributed by atoms with Gasteiger partial charge >= 0.3 is 0 Å². The number of allylic oxidation sites excluding steroid dienone is 2. The van der Waals surface area contributed by atoms with Crippen LogP contribution in [0.4, 0.5) is 0 Å². The SMILES string of the molecule is CCCCC(C)C(C)C=CC(CC)C(C)C. The minimum absolute atomic E-state index is 0.736. The molecule has 0 aliphatic heterocycles.